The van der Waals surface area contributed by atoms with Gasteiger partial charge in [0.2, 0.25) is 5.88 Å². The third-order valence-electron chi connectivity index (χ3n) is 5.76. The van der Waals surface area contributed by atoms with Gasteiger partial charge in [-0.2, -0.15) is 0 Å². The molecule has 3 aromatic heterocycles. The summed E-state index contributed by atoms with van der Waals surface area (Å²) in [7, 11) is 1.58. The molecule has 2 N–H and O–H groups in total. The van der Waals surface area contributed by atoms with E-state index in [4.69, 9.17) is 14.5 Å². The third kappa shape index (κ3) is 4.25. The van der Waals surface area contributed by atoms with Gasteiger partial charge in [-0.05, 0) is 54.3 Å². The highest BCUT2D eigenvalue weighted by Crippen LogP contribution is 2.30. The van der Waals surface area contributed by atoms with Gasteiger partial charge in [-0.25, -0.2) is 9.97 Å². The smallest absolute Gasteiger partial charge is 0.259 e. The van der Waals surface area contributed by atoms with Crippen molar-refractivity contribution in [2.45, 2.75) is 6.92 Å². The minimum absolute atomic E-state index is 0.200. The van der Waals surface area contributed by atoms with Crippen molar-refractivity contribution in [2.24, 2.45) is 0 Å². The molecule has 168 valence electrons. The summed E-state index contributed by atoms with van der Waals surface area (Å²) in [6.45, 7) is 5.33. The van der Waals surface area contributed by atoms with Crippen LogP contribution >= 0.6 is 0 Å². The molecule has 8 nitrogen and oxygen atoms in total. The number of morpholine rings is 1. The van der Waals surface area contributed by atoms with E-state index in [1.54, 1.807) is 19.4 Å². The number of nitrogens with one attached hydrogen (secondary N) is 2. The van der Waals surface area contributed by atoms with Crippen molar-refractivity contribution in [2.75, 3.05) is 43.6 Å². The largest absolute Gasteiger partial charge is 0.481 e. The van der Waals surface area contributed by atoms with Crippen LogP contribution < -0.4 is 20.5 Å². The van der Waals surface area contributed by atoms with E-state index in [1.165, 1.54) is 5.69 Å². The highest BCUT2D eigenvalue weighted by Gasteiger charge is 2.15. The molecule has 0 unspecified atom stereocenters. The molecule has 1 saturated heterocycles. The molecule has 8 heteroatoms. The Bertz CT molecular complexity index is 1360. The first-order valence-corrected chi connectivity index (χ1v) is 10.9. The number of aryl methyl sites for hydroxylation is 1. The maximum atomic E-state index is 12.7. The summed E-state index contributed by atoms with van der Waals surface area (Å²) in [6.07, 6.45) is 1.64. The summed E-state index contributed by atoms with van der Waals surface area (Å²) in [5, 5.41) is 4.64. The SMILES string of the molecule is COc1cccc(-c2cc3cc[nH]c(=O)c3c(Nc3ccc(N4CCOCC4)c(C)c3)n2)n1. The lowest BCUT2D eigenvalue weighted by Gasteiger charge is -2.30. The van der Waals surface area contributed by atoms with Crippen molar-refractivity contribution in [3.63, 3.8) is 0 Å². The van der Waals surface area contributed by atoms with Crippen LogP contribution in [0.25, 0.3) is 22.2 Å². The van der Waals surface area contributed by atoms with E-state index in [-0.39, 0.29) is 5.56 Å². The van der Waals surface area contributed by atoms with Crippen LogP contribution in [0.1, 0.15) is 5.56 Å². The van der Waals surface area contributed by atoms with Crippen LogP contribution in [0.5, 0.6) is 5.88 Å². The van der Waals surface area contributed by atoms with E-state index in [0.29, 0.717) is 28.5 Å². The number of fused-ring (bicyclic) bond motifs is 1. The Morgan fingerprint density at radius 3 is 2.70 bits per heavy atom. The lowest BCUT2D eigenvalue weighted by molar-refractivity contribution is 0.122. The Morgan fingerprint density at radius 2 is 1.91 bits per heavy atom. The van der Waals surface area contributed by atoms with Gasteiger partial charge in [0.15, 0.2) is 0 Å². The molecule has 0 atom stereocenters. The predicted molar refractivity (Wildman–Crippen MR) is 130 cm³/mol. The number of benzene rings is 1. The Kier molecular flexibility index (Phi) is 5.66. The fourth-order valence-corrected chi connectivity index (χ4v) is 4.14. The zero-order chi connectivity index (χ0) is 22.8. The average Bonchev–Trinajstić information content (AvgIpc) is 2.84. The summed E-state index contributed by atoms with van der Waals surface area (Å²) < 4.78 is 10.7. The van der Waals surface area contributed by atoms with Crippen LogP contribution in [-0.4, -0.2) is 48.4 Å². The number of aromatic nitrogens is 3. The van der Waals surface area contributed by atoms with Crippen molar-refractivity contribution < 1.29 is 9.47 Å². The van der Waals surface area contributed by atoms with Crippen LogP contribution in [-0.2, 0) is 4.74 Å². The summed E-state index contributed by atoms with van der Waals surface area (Å²) in [5.74, 6) is 0.983. The summed E-state index contributed by atoms with van der Waals surface area (Å²) >= 11 is 0. The molecule has 4 aromatic rings. The predicted octanol–water partition coefficient (Wildman–Crippen LogP) is 3.88. The van der Waals surface area contributed by atoms with Crippen LogP contribution in [0, 0.1) is 6.92 Å². The number of hydrogen-bond acceptors (Lipinski definition) is 7. The molecule has 1 aliphatic rings. The monoisotopic (exact) mass is 443 g/mol. The Balaban J connectivity index is 1.55. The molecule has 0 spiro atoms. The first kappa shape index (κ1) is 21.0. The van der Waals surface area contributed by atoms with Crippen LogP contribution in [0.15, 0.2) is 59.5 Å². The Hall–Kier alpha value is -3.91. The zero-order valence-electron chi connectivity index (χ0n) is 18.6. The number of anilines is 3. The maximum absolute atomic E-state index is 12.7. The number of hydrogen-bond donors (Lipinski definition) is 2. The molecule has 1 aromatic carbocycles. The molecule has 4 heterocycles. The number of H-pyrrole nitrogens is 1. The highest BCUT2D eigenvalue weighted by atomic mass is 16.5. The quantitative estimate of drug-likeness (QED) is 0.484. The fourth-order valence-electron chi connectivity index (χ4n) is 4.14. The first-order chi connectivity index (χ1) is 16.1. The van der Waals surface area contributed by atoms with Gasteiger partial charge in [0, 0.05) is 36.7 Å². The molecule has 5 rings (SSSR count). The highest BCUT2D eigenvalue weighted by molar-refractivity contribution is 5.95. The summed E-state index contributed by atoms with van der Waals surface area (Å²) in [6, 6.07) is 15.4. The molecule has 1 fully saturated rings. The maximum Gasteiger partial charge on any atom is 0.259 e. The minimum atomic E-state index is -0.200. The van der Waals surface area contributed by atoms with Gasteiger partial charge in [-0.3, -0.25) is 4.79 Å². The standard InChI is InChI=1S/C25H25N5O3/c1-16-14-18(6-7-21(16)30-10-12-33-13-11-30)27-24-23-17(8-9-26-25(23)31)15-20(29-24)19-4-3-5-22(28-19)32-2/h3-9,14-15H,10-13H2,1-2H3,(H,26,31)(H,27,29). The van der Waals surface area contributed by atoms with Crippen molar-refractivity contribution in [1.82, 2.24) is 15.0 Å². The lowest BCUT2D eigenvalue weighted by atomic mass is 10.1. The van der Waals surface area contributed by atoms with E-state index < -0.39 is 0 Å². The van der Waals surface area contributed by atoms with Gasteiger partial charge in [-0.15, -0.1) is 0 Å². The second-order valence-corrected chi connectivity index (χ2v) is 7.92. The zero-order valence-corrected chi connectivity index (χ0v) is 18.6. The fraction of sp³-hybridized carbons (Fsp3) is 0.240. The molecule has 0 radical (unpaired) electrons. The summed E-state index contributed by atoms with van der Waals surface area (Å²) in [5.41, 5.74) is 4.31. The lowest BCUT2D eigenvalue weighted by Crippen LogP contribution is -2.36. The van der Waals surface area contributed by atoms with Gasteiger partial charge in [0.1, 0.15) is 5.82 Å². The van der Waals surface area contributed by atoms with Crippen molar-refractivity contribution in [3.8, 4) is 17.3 Å². The van der Waals surface area contributed by atoms with Gasteiger partial charge in [0.05, 0.1) is 37.1 Å². The third-order valence-corrected chi connectivity index (χ3v) is 5.76. The topological polar surface area (TPSA) is 92.4 Å². The number of pyridine rings is 3. The van der Waals surface area contributed by atoms with E-state index >= 15 is 0 Å². The van der Waals surface area contributed by atoms with Crippen LogP contribution in [0.4, 0.5) is 17.2 Å². The molecule has 0 bridgehead atoms. The molecule has 33 heavy (non-hydrogen) atoms. The number of methoxy groups -OCH3 is 1. The van der Waals surface area contributed by atoms with Crippen LogP contribution in [0.3, 0.4) is 0 Å². The normalized spacial score (nSPS) is 13.8. The molecule has 0 aliphatic carbocycles. The number of ether oxygens (including phenoxy) is 2. The van der Waals surface area contributed by atoms with Gasteiger partial charge in [-0.1, -0.05) is 6.07 Å². The van der Waals surface area contributed by atoms with E-state index in [0.717, 1.165) is 42.9 Å². The molecular weight excluding hydrogens is 418 g/mol. The second-order valence-electron chi connectivity index (χ2n) is 7.92. The van der Waals surface area contributed by atoms with Crippen molar-refractivity contribution >= 4 is 28.0 Å². The number of nitrogens with zero attached hydrogens (tertiary/aromatic N) is 3. The van der Waals surface area contributed by atoms with Gasteiger partial charge in [0.25, 0.3) is 5.56 Å². The van der Waals surface area contributed by atoms with E-state index in [9.17, 15) is 4.79 Å². The molecule has 0 amide bonds. The summed E-state index contributed by atoms with van der Waals surface area (Å²) in [4.78, 5) is 27.0. The van der Waals surface area contributed by atoms with Gasteiger partial charge >= 0.3 is 0 Å². The average molecular weight is 444 g/mol. The van der Waals surface area contributed by atoms with E-state index in [1.807, 2.05) is 30.3 Å². The molecule has 0 saturated carbocycles. The molecular formula is C25H25N5O3. The Labute approximate surface area is 191 Å². The number of rotatable bonds is 5. The van der Waals surface area contributed by atoms with Crippen molar-refractivity contribution in [3.05, 3.63) is 70.6 Å². The first-order valence-electron chi connectivity index (χ1n) is 10.9. The van der Waals surface area contributed by atoms with Crippen molar-refractivity contribution in [1.29, 1.82) is 0 Å². The van der Waals surface area contributed by atoms with Crippen LogP contribution in [0.2, 0.25) is 0 Å². The Morgan fingerprint density at radius 1 is 1.06 bits per heavy atom. The van der Waals surface area contributed by atoms with E-state index in [2.05, 4.69) is 39.2 Å². The van der Waals surface area contributed by atoms with Gasteiger partial charge < -0.3 is 24.7 Å². The minimum Gasteiger partial charge on any atom is -0.481 e. The second kappa shape index (κ2) is 8.91. The number of aromatic amines is 1. The molecule has 1 aliphatic heterocycles.